The zero-order valence-electron chi connectivity index (χ0n) is 11.9. The molecule has 110 valence electrons. The summed E-state index contributed by atoms with van der Waals surface area (Å²) >= 11 is 7.91. The van der Waals surface area contributed by atoms with Crippen molar-refractivity contribution in [3.63, 3.8) is 0 Å². The number of amides is 1. The first-order chi connectivity index (χ1) is 10.1. The fourth-order valence-corrected chi connectivity index (χ4v) is 3.19. The van der Waals surface area contributed by atoms with Gasteiger partial charge in [0.15, 0.2) is 0 Å². The molecule has 0 fully saturated rings. The van der Waals surface area contributed by atoms with Crippen molar-refractivity contribution in [2.45, 2.75) is 23.3 Å². The zero-order valence-corrected chi connectivity index (χ0v) is 13.5. The van der Waals surface area contributed by atoms with Crippen LogP contribution in [0.3, 0.4) is 0 Å². The molecule has 0 bridgehead atoms. The summed E-state index contributed by atoms with van der Waals surface area (Å²) in [7, 11) is 1.90. The van der Waals surface area contributed by atoms with Gasteiger partial charge in [-0.15, -0.1) is 0 Å². The third-order valence-corrected chi connectivity index (χ3v) is 4.30. The first-order valence-electron chi connectivity index (χ1n) is 6.57. The van der Waals surface area contributed by atoms with E-state index in [1.807, 2.05) is 43.4 Å². The number of nitrogens with one attached hydrogen (secondary N) is 2. The Morgan fingerprint density at radius 1 is 1.19 bits per heavy atom. The fourth-order valence-electron chi connectivity index (χ4n) is 1.92. The highest BCUT2D eigenvalue weighted by molar-refractivity contribution is 7.99. The standard InChI is InChI=1S/C16H17ClN2OS/c1-11(20)19-12-6-8-13(9-7-12)21-16-5-3-4-15(17)14(16)10-18-2/h3-9,18H,10H2,1-2H3,(H,19,20). The van der Waals surface area contributed by atoms with E-state index in [1.165, 1.54) is 6.92 Å². The van der Waals surface area contributed by atoms with Crippen molar-refractivity contribution in [2.75, 3.05) is 12.4 Å². The monoisotopic (exact) mass is 320 g/mol. The van der Waals surface area contributed by atoms with E-state index in [0.717, 1.165) is 32.6 Å². The Kier molecular flexibility index (Phi) is 5.67. The maximum Gasteiger partial charge on any atom is 0.221 e. The second-order valence-electron chi connectivity index (χ2n) is 4.55. The number of carbonyl (C=O) groups is 1. The van der Waals surface area contributed by atoms with Gasteiger partial charge in [0.1, 0.15) is 0 Å². The number of benzene rings is 2. The van der Waals surface area contributed by atoms with Crippen molar-refractivity contribution >= 4 is 35.0 Å². The molecule has 0 aliphatic rings. The van der Waals surface area contributed by atoms with Gasteiger partial charge in [0.05, 0.1) is 0 Å². The molecule has 0 radical (unpaired) electrons. The molecule has 2 aromatic rings. The molecule has 2 N–H and O–H groups in total. The highest BCUT2D eigenvalue weighted by Gasteiger charge is 2.08. The van der Waals surface area contributed by atoms with Crippen LogP contribution in [0.5, 0.6) is 0 Å². The summed E-state index contributed by atoms with van der Waals surface area (Å²) < 4.78 is 0. The minimum Gasteiger partial charge on any atom is -0.326 e. The lowest BCUT2D eigenvalue weighted by molar-refractivity contribution is -0.114. The number of anilines is 1. The molecule has 0 spiro atoms. The van der Waals surface area contributed by atoms with Gasteiger partial charge >= 0.3 is 0 Å². The highest BCUT2D eigenvalue weighted by atomic mass is 35.5. The van der Waals surface area contributed by atoms with Gasteiger partial charge in [-0.2, -0.15) is 0 Å². The van der Waals surface area contributed by atoms with Crippen molar-refractivity contribution in [3.05, 3.63) is 53.1 Å². The SMILES string of the molecule is CNCc1c(Cl)cccc1Sc1ccc(NC(C)=O)cc1. The van der Waals surface area contributed by atoms with E-state index in [1.54, 1.807) is 11.8 Å². The molecule has 3 nitrogen and oxygen atoms in total. The molecule has 0 aliphatic heterocycles. The predicted octanol–water partition coefficient (Wildman–Crippen LogP) is 4.17. The summed E-state index contributed by atoms with van der Waals surface area (Å²) in [5, 5.41) is 6.66. The Labute approximate surface area is 134 Å². The minimum absolute atomic E-state index is 0.0680. The summed E-state index contributed by atoms with van der Waals surface area (Å²) in [5.74, 6) is -0.0680. The largest absolute Gasteiger partial charge is 0.326 e. The molecule has 0 aromatic heterocycles. The smallest absolute Gasteiger partial charge is 0.221 e. The quantitative estimate of drug-likeness (QED) is 0.868. The van der Waals surface area contributed by atoms with Crippen LogP contribution >= 0.6 is 23.4 Å². The van der Waals surface area contributed by atoms with Gasteiger partial charge in [-0.25, -0.2) is 0 Å². The molecule has 0 heterocycles. The van der Waals surface area contributed by atoms with Gasteiger partial charge in [-0.05, 0) is 49.0 Å². The molecular formula is C16H17ClN2OS. The van der Waals surface area contributed by atoms with Crippen LogP contribution in [0.2, 0.25) is 5.02 Å². The molecule has 0 saturated carbocycles. The average Bonchev–Trinajstić information content (AvgIpc) is 2.44. The van der Waals surface area contributed by atoms with Gasteiger partial charge in [-0.3, -0.25) is 4.79 Å². The van der Waals surface area contributed by atoms with Gasteiger partial charge < -0.3 is 10.6 Å². The van der Waals surface area contributed by atoms with Crippen molar-refractivity contribution in [1.82, 2.24) is 5.32 Å². The number of hydrogen-bond acceptors (Lipinski definition) is 3. The Bertz CT molecular complexity index is 629. The Morgan fingerprint density at radius 2 is 1.90 bits per heavy atom. The minimum atomic E-state index is -0.0680. The third kappa shape index (κ3) is 4.49. The van der Waals surface area contributed by atoms with Crippen molar-refractivity contribution in [3.8, 4) is 0 Å². The third-order valence-electron chi connectivity index (χ3n) is 2.83. The molecule has 0 aliphatic carbocycles. The van der Waals surface area contributed by atoms with Crippen LogP contribution in [-0.4, -0.2) is 13.0 Å². The summed E-state index contributed by atoms with van der Waals surface area (Å²) in [4.78, 5) is 13.2. The van der Waals surface area contributed by atoms with E-state index in [4.69, 9.17) is 11.6 Å². The Balaban J connectivity index is 2.18. The zero-order chi connectivity index (χ0) is 15.2. The van der Waals surface area contributed by atoms with E-state index >= 15 is 0 Å². The number of carbonyl (C=O) groups excluding carboxylic acids is 1. The lowest BCUT2D eigenvalue weighted by Gasteiger charge is -2.11. The highest BCUT2D eigenvalue weighted by Crippen LogP contribution is 2.34. The molecule has 1 amide bonds. The predicted molar refractivity (Wildman–Crippen MR) is 89.1 cm³/mol. The lowest BCUT2D eigenvalue weighted by Crippen LogP contribution is -2.06. The lowest BCUT2D eigenvalue weighted by atomic mass is 10.2. The summed E-state index contributed by atoms with van der Waals surface area (Å²) in [6, 6.07) is 13.7. The molecular weight excluding hydrogens is 304 g/mol. The molecule has 0 unspecified atom stereocenters. The number of halogens is 1. The summed E-state index contributed by atoms with van der Waals surface area (Å²) in [6.07, 6.45) is 0. The van der Waals surface area contributed by atoms with E-state index < -0.39 is 0 Å². The van der Waals surface area contributed by atoms with Crippen LogP contribution < -0.4 is 10.6 Å². The van der Waals surface area contributed by atoms with Crippen LogP contribution in [-0.2, 0) is 11.3 Å². The molecule has 5 heteroatoms. The fraction of sp³-hybridized carbons (Fsp3) is 0.188. The van der Waals surface area contributed by atoms with Gasteiger partial charge in [-0.1, -0.05) is 29.4 Å². The number of rotatable bonds is 5. The topological polar surface area (TPSA) is 41.1 Å². The van der Waals surface area contributed by atoms with Crippen molar-refractivity contribution < 1.29 is 4.79 Å². The van der Waals surface area contributed by atoms with Crippen LogP contribution in [0.1, 0.15) is 12.5 Å². The second kappa shape index (κ2) is 7.50. The van der Waals surface area contributed by atoms with Crippen LogP contribution in [0, 0.1) is 0 Å². The van der Waals surface area contributed by atoms with Crippen molar-refractivity contribution in [1.29, 1.82) is 0 Å². The van der Waals surface area contributed by atoms with Gasteiger partial charge in [0.25, 0.3) is 0 Å². The van der Waals surface area contributed by atoms with Crippen LogP contribution in [0.15, 0.2) is 52.3 Å². The van der Waals surface area contributed by atoms with Crippen LogP contribution in [0.4, 0.5) is 5.69 Å². The Morgan fingerprint density at radius 3 is 2.52 bits per heavy atom. The van der Waals surface area contributed by atoms with Crippen LogP contribution in [0.25, 0.3) is 0 Å². The normalized spacial score (nSPS) is 10.4. The average molecular weight is 321 g/mol. The Hall–Kier alpha value is -1.49. The number of hydrogen-bond donors (Lipinski definition) is 2. The van der Waals surface area contributed by atoms with E-state index in [-0.39, 0.29) is 5.91 Å². The first kappa shape index (κ1) is 15.9. The van der Waals surface area contributed by atoms with E-state index in [0.29, 0.717) is 0 Å². The maximum absolute atomic E-state index is 11.0. The van der Waals surface area contributed by atoms with Gasteiger partial charge in [0, 0.05) is 34.0 Å². The molecule has 0 atom stereocenters. The summed E-state index contributed by atoms with van der Waals surface area (Å²) in [5.41, 5.74) is 1.89. The molecule has 0 saturated heterocycles. The van der Waals surface area contributed by atoms with Crippen molar-refractivity contribution in [2.24, 2.45) is 0 Å². The molecule has 2 aromatic carbocycles. The second-order valence-corrected chi connectivity index (χ2v) is 6.08. The summed E-state index contributed by atoms with van der Waals surface area (Å²) in [6.45, 7) is 2.23. The van der Waals surface area contributed by atoms with E-state index in [9.17, 15) is 4.79 Å². The molecule has 2 rings (SSSR count). The molecule has 21 heavy (non-hydrogen) atoms. The maximum atomic E-state index is 11.0. The van der Waals surface area contributed by atoms with E-state index in [2.05, 4.69) is 16.7 Å². The van der Waals surface area contributed by atoms with Gasteiger partial charge in [0.2, 0.25) is 5.91 Å². The first-order valence-corrected chi connectivity index (χ1v) is 7.77.